The van der Waals surface area contributed by atoms with Gasteiger partial charge in [-0.2, -0.15) is 0 Å². The summed E-state index contributed by atoms with van der Waals surface area (Å²) in [6.07, 6.45) is 2.21. The van der Waals surface area contributed by atoms with Crippen LogP contribution in [0.25, 0.3) is 0 Å². The Hall–Kier alpha value is -0.610. The molecule has 0 bridgehead atoms. The number of phenolic OH excluding ortho intramolecular Hbond substituents is 1. The van der Waals surface area contributed by atoms with Gasteiger partial charge in [-0.15, -0.1) is 0 Å². The van der Waals surface area contributed by atoms with Crippen LogP contribution in [-0.4, -0.2) is 10.6 Å². The fraction of sp³-hybridized carbons (Fsp3) is 0.400. The third-order valence-corrected chi connectivity index (χ3v) is 3.24. The van der Waals surface area contributed by atoms with Crippen LogP contribution in [0.4, 0.5) is 4.39 Å². The number of nitrogens with two attached hydrogens (primary N) is 1. The first kappa shape index (κ1) is 9.93. The maximum absolute atomic E-state index is 13.4. The van der Waals surface area contributed by atoms with E-state index in [1.54, 1.807) is 0 Å². The van der Waals surface area contributed by atoms with E-state index in [0.717, 1.165) is 12.8 Å². The molecular weight excluding hydrogens is 249 g/mol. The van der Waals surface area contributed by atoms with E-state index >= 15 is 0 Å². The van der Waals surface area contributed by atoms with Crippen molar-refractivity contribution in [3.05, 3.63) is 28.0 Å². The topological polar surface area (TPSA) is 46.2 Å². The average molecular weight is 260 g/mol. The van der Waals surface area contributed by atoms with Gasteiger partial charge in [-0.05, 0) is 47.3 Å². The Kier molecular flexibility index (Phi) is 2.27. The van der Waals surface area contributed by atoms with Crippen LogP contribution in [0.5, 0.6) is 5.75 Å². The molecule has 2 rings (SSSR count). The fourth-order valence-electron chi connectivity index (χ4n) is 1.44. The third kappa shape index (κ3) is 1.77. The van der Waals surface area contributed by atoms with E-state index in [9.17, 15) is 9.50 Å². The summed E-state index contributed by atoms with van der Waals surface area (Å²) in [6, 6.07) is 2.83. The smallest absolute Gasteiger partial charge is 0.135 e. The molecule has 1 aliphatic rings. The second kappa shape index (κ2) is 3.21. The largest absolute Gasteiger partial charge is 0.506 e. The molecule has 0 amide bonds. The summed E-state index contributed by atoms with van der Waals surface area (Å²) in [5, 5.41) is 9.63. The van der Waals surface area contributed by atoms with Crippen molar-refractivity contribution in [1.29, 1.82) is 0 Å². The highest BCUT2D eigenvalue weighted by Crippen LogP contribution is 2.40. The first-order valence-electron chi connectivity index (χ1n) is 4.47. The zero-order valence-electron chi connectivity index (χ0n) is 7.56. The predicted octanol–water partition coefficient (Wildman–Crippen LogP) is 2.33. The van der Waals surface area contributed by atoms with Gasteiger partial charge in [0.15, 0.2) is 0 Å². The highest BCUT2D eigenvalue weighted by Gasteiger charge is 2.39. The van der Waals surface area contributed by atoms with Crippen molar-refractivity contribution in [1.82, 2.24) is 0 Å². The molecular formula is C10H11BrFNO. The summed E-state index contributed by atoms with van der Waals surface area (Å²) >= 11 is 3.15. The monoisotopic (exact) mass is 259 g/mol. The Bertz CT molecular complexity index is 377. The van der Waals surface area contributed by atoms with Gasteiger partial charge in [-0.3, -0.25) is 0 Å². The van der Waals surface area contributed by atoms with Gasteiger partial charge in [0.25, 0.3) is 0 Å². The quantitative estimate of drug-likeness (QED) is 0.857. The number of benzene rings is 1. The predicted molar refractivity (Wildman–Crippen MR) is 55.6 cm³/mol. The standard InChI is InChI=1S/C10H11BrFNO/c11-7-1-2-8(12)6(9(7)14)5-10(13)3-4-10/h1-2,14H,3-5,13H2. The van der Waals surface area contributed by atoms with Crippen molar-refractivity contribution in [3.8, 4) is 5.75 Å². The van der Waals surface area contributed by atoms with Crippen LogP contribution in [0.3, 0.4) is 0 Å². The van der Waals surface area contributed by atoms with Gasteiger partial charge in [-0.25, -0.2) is 4.39 Å². The molecule has 0 spiro atoms. The number of aromatic hydroxyl groups is 1. The van der Waals surface area contributed by atoms with E-state index in [1.807, 2.05) is 0 Å². The molecule has 4 heteroatoms. The Balaban J connectivity index is 2.35. The molecule has 0 heterocycles. The van der Waals surface area contributed by atoms with Gasteiger partial charge in [0.2, 0.25) is 0 Å². The van der Waals surface area contributed by atoms with E-state index in [4.69, 9.17) is 5.73 Å². The van der Waals surface area contributed by atoms with Gasteiger partial charge < -0.3 is 10.8 Å². The number of halogens is 2. The lowest BCUT2D eigenvalue weighted by Gasteiger charge is -2.11. The minimum atomic E-state index is -0.387. The van der Waals surface area contributed by atoms with Crippen LogP contribution in [0, 0.1) is 5.82 Å². The Morgan fingerprint density at radius 2 is 2.14 bits per heavy atom. The average Bonchev–Trinajstić information content (AvgIpc) is 2.86. The third-order valence-electron chi connectivity index (χ3n) is 2.60. The van der Waals surface area contributed by atoms with Gasteiger partial charge in [0.05, 0.1) is 4.47 Å². The molecule has 0 saturated heterocycles. The summed E-state index contributed by atoms with van der Waals surface area (Å²) < 4.78 is 13.9. The lowest BCUT2D eigenvalue weighted by molar-refractivity contribution is 0.449. The summed E-state index contributed by atoms with van der Waals surface area (Å²) in [4.78, 5) is 0. The summed E-state index contributed by atoms with van der Waals surface area (Å²) in [7, 11) is 0. The first-order valence-corrected chi connectivity index (χ1v) is 5.26. The Labute approximate surface area is 90.1 Å². The van der Waals surface area contributed by atoms with Crippen LogP contribution < -0.4 is 5.73 Å². The maximum atomic E-state index is 13.4. The SMILES string of the molecule is NC1(Cc2c(F)ccc(Br)c2O)CC1. The molecule has 0 atom stereocenters. The molecule has 1 fully saturated rings. The highest BCUT2D eigenvalue weighted by molar-refractivity contribution is 9.10. The summed E-state index contributed by atoms with van der Waals surface area (Å²) in [5.74, 6) is -0.413. The fourth-order valence-corrected chi connectivity index (χ4v) is 1.81. The van der Waals surface area contributed by atoms with Crippen molar-refractivity contribution < 1.29 is 9.50 Å². The second-order valence-corrected chi connectivity index (χ2v) is 4.75. The van der Waals surface area contributed by atoms with Crippen molar-refractivity contribution in [2.24, 2.45) is 5.73 Å². The molecule has 1 saturated carbocycles. The number of rotatable bonds is 2. The minimum absolute atomic E-state index is 0.0262. The lowest BCUT2D eigenvalue weighted by atomic mass is 10.0. The van der Waals surface area contributed by atoms with E-state index in [0.29, 0.717) is 16.5 Å². The van der Waals surface area contributed by atoms with Crippen LogP contribution in [-0.2, 0) is 6.42 Å². The number of hydrogen-bond donors (Lipinski definition) is 2. The van der Waals surface area contributed by atoms with Gasteiger partial charge in [0.1, 0.15) is 11.6 Å². The molecule has 0 radical (unpaired) electrons. The maximum Gasteiger partial charge on any atom is 0.135 e. The van der Waals surface area contributed by atoms with Crippen molar-refractivity contribution in [2.45, 2.75) is 24.8 Å². The Morgan fingerprint density at radius 1 is 1.50 bits per heavy atom. The Morgan fingerprint density at radius 3 is 2.71 bits per heavy atom. The van der Waals surface area contributed by atoms with E-state index < -0.39 is 0 Å². The minimum Gasteiger partial charge on any atom is -0.506 e. The van der Waals surface area contributed by atoms with Crippen molar-refractivity contribution >= 4 is 15.9 Å². The number of hydrogen-bond acceptors (Lipinski definition) is 2. The van der Waals surface area contributed by atoms with E-state index in [2.05, 4.69) is 15.9 Å². The van der Waals surface area contributed by atoms with Crippen molar-refractivity contribution in [2.75, 3.05) is 0 Å². The first-order chi connectivity index (χ1) is 6.52. The normalized spacial score (nSPS) is 18.2. The zero-order chi connectivity index (χ0) is 10.3. The molecule has 14 heavy (non-hydrogen) atoms. The van der Waals surface area contributed by atoms with Gasteiger partial charge >= 0.3 is 0 Å². The second-order valence-electron chi connectivity index (χ2n) is 3.90. The molecule has 0 aromatic heterocycles. The van der Waals surface area contributed by atoms with Crippen LogP contribution in [0.15, 0.2) is 16.6 Å². The summed E-state index contributed by atoms with van der Waals surface area (Å²) in [5.41, 5.74) is 5.90. The zero-order valence-corrected chi connectivity index (χ0v) is 9.14. The molecule has 3 N–H and O–H groups in total. The molecule has 1 aromatic carbocycles. The molecule has 0 unspecified atom stereocenters. The molecule has 1 aliphatic carbocycles. The van der Waals surface area contributed by atoms with Gasteiger partial charge in [-0.1, -0.05) is 0 Å². The molecule has 76 valence electrons. The van der Waals surface area contributed by atoms with Crippen LogP contribution in [0.1, 0.15) is 18.4 Å². The number of phenols is 1. The van der Waals surface area contributed by atoms with Crippen LogP contribution in [0.2, 0.25) is 0 Å². The highest BCUT2D eigenvalue weighted by atomic mass is 79.9. The van der Waals surface area contributed by atoms with Crippen molar-refractivity contribution in [3.63, 3.8) is 0 Å². The molecule has 2 nitrogen and oxygen atoms in total. The van der Waals surface area contributed by atoms with E-state index in [1.165, 1.54) is 12.1 Å². The van der Waals surface area contributed by atoms with Gasteiger partial charge in [0, 0.05) is 11.1 Å². The van der Waals surface area contributed by atoms with Crippen LogP contribution >= 0.6 is 15.9 Å². The van der Waals surface area contributed by atoms with E-state index in [-0.39, 0.29) is 17.1 Å². The molecule has 0 aliphatic heterocycles. The lowest BCUT2D eigenvalue weighted by Crippen LogP contribution is -2.25. The molecule has 1 aromatic rings. The summed E-state index contributed by atoms with van der Waals surface area (Å²) in [6.45, 7) is 0.